The number of aryl methyl sites for hydroxylation is 1. The molecule has 0 radical (unpaired) electrons. The van der Waals surface area contributed by atoms with Crippen molar-refractivity contribution >= 4 is 17.5 Å². The monoisotopic (exact) mass is 422 g/mol. The molecule has 1 aromatic heterocycles. The second-order valence-electron chi connectivity index (χ2n) is 7.85. The van der Waals surface area contributed by atoms with Gasteiger partial charge in [-0.2, -0.15) is 5.10 Å². The summed E-state index contributed by atoms with van der Waals surface area (Å²) in [6.07, 6.45) is 0.987. The fourth-order valence-corrected chi connectivity index (χ4v) is 4.09. The van der Waals surface area contributed by atoms with E-state index in [0.29, 0.717) is 10.6 Å². The third kappa shape index (κ3) is 4.42. The van der Waals surface area contributed by atoms with Gasteiger partial charge in [0.25, 0.3) is 5.91 Å². The Morgan fingerprint density at radius 1 is 0.967 bits per heavy atom. The van der Waals surface area contributed by atoms with Gasteiger partial charge in [0.05, 0.1) is 22.1 Å². The van der Waals surface area contributed by atoms with Crippen LogP contribution in [0.15, 0.2) is 54.6 Å². The van der Waals surface area contributed by atoms with Crippen molar-refractivity contribution in [2.24, 2.45) is 0 Å². The highest BCUT2D eigenvalue weighted by molar-refractivity contribution is 6.31. The Bertz CT molecular complexity index is 1010. The SMILES string of the molecule is Cc1nn(-c2ccc(C(=O)N3CCCN(Cc4ccccc4)CC3)cc2)c(C)c1Cl. The normalized spacial score (nSPS) is 15.2. The predicted molar refractivity (Wildman–Crippen MR) is 120 cm³/mol. The molecule has 2 aromatic carbocycles. The van der Waals surface area contributed by atoms with E-state index >= 15 is 0 Å². The molecule has 0 atom stereocenters. The Hall–Kier alpha value is -2.63. The van der Waals surface area contributed by atoms with Crippen molar-refractivity contribution in [3.63, 3.8) is 0 Å². The molecule has 5 nitrogen and oxygen atoms in total. The number of hydrogen-bond donors (Lipinski definition) is 0. The second-order valence-corrected chi connectivity index (χ2v) is 8.23. The fourth-order valence-electron chi connectivity index (χ4n) is 3.98. The average molecular weight is 423 g/mol. The van der Waals surface area contributed by atoms with E-state index in [4.69, 9.17) is 11.6 Å². The van der Waals surface area contributed by atoms with E-state index < -0.39 is 0 Å². The predicted octanol–water partition coefficient (Wildman–Crippen LogP) is 4.49. The zero-order valence-electron chi connectivity index (χ0n) is 17.5. The van der Waals surface area contributed by atoms with Crippen LogP contribution in [0.25, 0.3) is 5.69 Å². The molecule has 0 aliphatic carbocycles. The first-order valence-electron chi connectivity index (χ1n) is 10.4. The summed E-state index contributed by atoms with van der Waals surface area (Å²) < 4.78 is 1.82. The third-order valence-corrected chi connectivity index (χ3v) is 6.23. The number of carbonyl (C=O) groups excluding carboxylic acids is 1. The van der Waals surface area contributed by atoms with Gasteiger partial charge in [0, 0.05) is 38.3 Å². The largest absolute Gasteiger partial charge is 0.337 e. The Labute approximate surface area is 182 Å². The zero-order chi connectivity index (χ0) is 21.1. The van der Waals surface area contributed by atoms with Gasteiger partial charge < -0.3 is 4.90 Å². The van der Waals surface area contributed by atoms with E-state index in [1.54, 1.807) is 0 Å². The van der Waals surface area contributed by atoms with Gasteiger partial charge in [0.15, 0.2) is 0 Å². The van der Waals surface area contributed by atoms with E-state index in [1.807, 2.05) is 53.8 Å². The van der Waals surface area contributed by atoms with Gasteiger partial charge >= 0.3 is 0 Å². The smallest absolute Gasteiger partial charge is 0.253 e. The summed E-state index contributed by atoms with van der Waals surface area (Å²) in [5.74, 6) is 0.0921. The lowest BCUT2D eigenvalue weighted by Crippen LogP contribution is -2.35. The van der Waals surface area contributed by atoms with E-state index in [0.717, 1.165) is 56.2 Å². The standard InChI is InChI=1S/C24H27ClN4O/c1-18-23(25)19(2)29(26-18)22-11-9-21(10-12-22)24(30)28-14-6-13-27(15-16-28)17-20-7-4-3-5-8-20/h3-5,7-12H,6,13-17H2,1-2H3. The molecule has 0 saturated carbocycles. The van der Waals surface area contributed by atoms with Crippen molar-refractivity contribution in [2.45, 2.75) is 26.8 Å². The molecule has 1 aliphatic rings. The van der Waals surface area contributed by atoms with Crippen molar-refractivity contribution in [1.29, 1.82) is 0 Å². The van der Waals surface area contributed by atoms with Gasteiger partial charge in [-0.1, -0.05) is 41.9 Å². The van der Waals surface area contributed by atoms with Crippen molar-refractivity contribution in [3.8, 4) is 5.69 Å². The first-order valence-corrected chi connectivity index (χ1v) is 10.8. The molecule has 0 N–H and O–H groups in total. The Balaban J connectivity index is 1.41. The van der Waals surface area contributed by atoms with Gasteiger partial charge in [-0.05, 0) is 50.1 Å². The lowest BCUT2D eigenvalue weighted by atomic mass is 10.1. The van der Waals surface area contributed by atoms with Crippen LogP contribution < -0.4 is 0 Å². The number of hydrogen-bond acceptors (Lipinski definition) is 3. The minimum absolute atomic E-state index is 0.0921. The third-order valence-electron chi connectivity index (χ3n) is 5.69. The van der Waals surface area contributed by atoms with Crippen LogP contribution in [0, 0.1) is 13.8 Å². The maximum Gasteiger partial charge on any atom is 0.253 e. The van der Waals surface area contributed by atoms with Crippen LogP contribution >= 0.6 is 11.6 Å². The highest BCUT2D eigenvalue weighted by Crippen LogP contribution is 2.23. The summed E-state index contributed by atoms with van der Waals surface area (Å²) in [7, 11) is 0. The van der Waals surface area contributed by atoms with Crippen LogP contribution in [-0.4, -0.2) is 51.7 Å². The van der Waals surface area contributed by atoms with Crippen LogP contribution in [0.2, 0.25) is 5.02 Å². The maximum atomic E-state index is 13.1. The molecular weight excluding hydrogens is 396 g/mol. The van der Waals surface area contributed by atoms with E-state index in [9.17, 15) is 4.79 Å². The number of benzene rings is 2. The fraction of sp³-hybridized carbons (Fsp3) is 0.333. The molecule has 1 aliphatic heterocycles. The van der Waals surface area contributed by atoms with Crippen LogP contribution in [0.4, 0.5) is 0 Å². The lowest BCUT2D eigenvalue weighted by Gasteiger charge is -2.22. The molecule has 6 heteroatoms. The number of aromatic nitrogens is 2. The number of carbonyl (C=O) groups is 1. The van der Waals surface area contributed by atoms with E-state index in [1.165, 1.54) is 5.56 Å². The number of halogens is 1. The van der Waals surface area contributed by atoms with Crippen LogP contribution in [0.3, 0.4) is 0 Å². The number of amides is 1. The first-order chi connectivity index (χ1) is 14.5. The van der Waals surface area contributed by atoms with Gasteiger partial charge in [-0.25, -0.2) is 4.68 Å². The zero-order valence-corrected chi connectivity index (χ0v) is 18.3. The maximum absolute atomic E-state index is 13.1. The Morgan fingerprint density at radius 3 is 2.37 bits per heavy atom. The first kappa shape index (κ1) is 20.6. The van der Waals surface area contributed by atoms with Crippen molar-refractivity contribution < 1.29 is 4.79 Å². The van der Waals surface area contributed by atoms with Crippen LogP contribution in [-0.2, 0) is 6.54 Å². The molecule has 0 spiro atoms. The molecular formula is C24H27ClN4O. The highest BCUT2D eigenvalue weighted by Gasteiger charge is 2.20. The van der Waals surface area contributed by atoms with Crippen molar-refractivity contribution in [2.75, 3.05) is 26.2 Å². The number of rotatable bonds is 4. The average Bonchev–Trinajstić information content (AvgIpc) is 2.93. The molecule has 0 unspecified atom stereocenters. The molecule has 30 heavy (non-hydrogen) atoms. The highest BCUT2D eigenvalue weighted by atomic mass is 35.5. The van der Waals surface area contributed by atoms with Gasteiger partial charge in [0.1, 0.15) is 0 Å². The summed E-state index contributed by atoms with van der Waals surface area (Å²) in [6.45, 7) is 8.21. The quantitative estimate of drug-likeness (QED) is 0.622. The van der Waals surface area contributed by atoms with E-state index in [-0.39, 0.29) is 5.91 Å². The molecule has 1 fully saturated rings. The summed E-state index contributed by atoms with van der Waals surface area (Å²) in [5, 5.41) is 5.16. The molecule has 1 amide bonds. The summed E-state index contributed by atoms with van der Waals surface area (Å²) >= 11 is 6.26. The summed E-state index contributed by atoms with van der Waals surface area (Å²) in [4.78, 5) is 17.5. The molecule has 156 valence electrons. The minimum atomic E-state index is 0.0921. The summed E-state index contributed by atoms with van der Waals surface area (Å²) in [6, 6.07) is 18.1. The molecule has 0 bridgehead atoms. The topological polar surface area (TPSA) is 41.4 Å². The summed E-state index contributed by atoms with van der Waals surface area (Å²) in [5.41, 5.74) is 4.64. The van der Waals surface area contributed by atoms with Crippen LogP contribution in [0.5, 0.6) is 0 Å². The van der Waals surface area contributed by atoms with Gasteiger partial charge in [0.2, 0.25) is 0 Å². The Kier molecular flexibility index (Phi) is 6.21. The molecule has 2 heterocycles. The molecule has 3 aromatic rings. The Morgan fingerprint density at radius 2 is 1.70 bits per heavy atom. The molecule has 4 rings (SSSR count). The van der Waals surface area contributed by atoms with E-state index in [2.05, 4.69) is 34.3 Å². The minimum Gasteiger partial charge on any atom is -0.337 e. The van der Waals surface area contributed by atoms with Gasteiger partial charge in [-0.3, -0.25) is 9.69 Å². The lowest BCUT2D eigenvalue weighted by molar-refractivity contribution is 0.0761. The van der Waals surface area contributed by atoms with Crippen molar-refractivity contribution in [1.82, 2.24) is 19.6 Å². The van der Waals surface area contributed by atoms with Crippen LogP contribution in [0.1, 0.15) is 33.7 Å². The van der Waals surface area contributed by atoms with Gasteiger partial charge in [-0.15, -0.1) is 0 Å². The molecule has 1 saturated heterocycles. The van der Waals surface area contributed by atoms with Crippen molar-refractivity contribution in [3.05, 3.63) is 82.1 Å². The second kappa shape index (κ2) is 9.02. The number of nitrogens with zero attached hydrogens (tertiary/aromatic N) is 4.